The molecule has 0 aliphatic carbocycles. The molecule has 0 radical (unpaired) electrons. The van der Waals surface area contributed by atoms with E-state index in [1.165, 1.54) is 0 Å². The third-order valence-corrected chi connectivity index (χ3v) is 3.04. The summed E-state index contributed by atoms with van der Waals surface area (Å²) in [5, 5.41) is -0.264. The van der Waals surface area contributed by atoms with Gasteiger partial charge in [-0.25, -0.2) is 8.42 Å². The Morgan fingerprint density at radius 2 is 1.92 bits per heavy atom. The van der Waals surface area contributed by atoms with Gasteiger partial charge in [-0.05, 0) is 12.8 Å². The van der Waals surface area contributed by atoms with Crippen molar-refractivity contribution in [3.8, 4) is 0 Å². The summed E-state index contributed by atoms with van der Waals surface area (Å²) in [5.41, 5.74) is 5.31. The van der Waals surface area contributed by atoms with Gasteiger partial charge >= 0.3 is 0 Å². The zero-order valence-corrected chi connectivity index (χ0v) is 9.43. The van der Waals surface area contributed by atoms with Crippen LogP contribution in [0.25, 0.3) is 0 Å². The Balaban J connectivity index is 4.58. The molecular weight excluding hydrogens is 188 g/mol. The Labute approximate surface area is 80.2 Å². The van der Waals surface area contributed by atoms with Crippen LogP contribution in [0.15, 0.2) is 4.99 Å². The molecule has 0 aromatic heterocycles. The van der Waals surface area contributed by atoms with E-state index in [0.717, 1.165) is 12.7 Å². The molecule has 2 N–H and O–H groups in total. The minimum absolute atomic E-state index is 0.0419. The van der Waals surface area contributed by atoms with Crippen LogP contribution in [0, 0.1) is 5.92 Å². The Kier molecular flexibility index (Phi) is 4.39. The highest BCUT2D eigenvalue weighted by Gasteiger charge is 2.13. The van der Waals surface area contributed by atoms with Crippen LogP contribution in [0.4, 0.5) is 0 Å². The van der Waals surface area contributed by atoms with Crippen LogP contribution in [-0.2, 0) is 9.84 Å². The van der Waals surface area contributed by atoms with Gasteiger partial charge in [0.05, 0.1) is 6.04 Å². The van der Waals surface area contributed by atoms with Crippen LogP contribution in [0.2, 0.25) is 0 Å². The zero-order valence-electron chi connectivity index (χ0n) is 8.61. The van der Waals surface area contributed by atoms with E-state index in [2.05, 4.69) is 4.99 Å². The topological polar surface area (TPSA) is 72.5 Å². The van der Waals surface area contributed by atoms with E-state index in [1.54, 1.807) is 0 Å². The maximum Gasteiger partial charge on any atom is 0.213 e. The van der Waals surface area contributed by atoms with Gasteiger partial charge in [0.15, 0.2) is 0 Å². The Morgan fingerprint density at radius 3 is 2.23 bits per heavy atom. The highest BCUT2D eigenvalue weighted by Crippen LogP contribution is 2.10. The lowest BCUT2D eigenvalue weighted by molar-refractivity contribution is 0.472. The molecule has 0 rings (SSSR count). The second-order valence-corrected chi connectivity index (χ2v) is 5.33. The molecule has 0 amide bonds. The maximum atomic E-state index is 10.9. The van der Waals surface area contributed by atoms with Crippen molar-refractivity contribution in [3.05, 3.63) is 0 Å². The molecular formula is C8H18N2O2S. The fraction of sp³-hybridized carbons (Fsp3) is 0.875. The summed E-state index contributed by atoms with van der Waals surface area (Å²) >= 11 is 0. The van der Waals surface area contributed by atoms with E-state index in [-0.39, 0.29) is 11.2 Å². The van der Waals surface area contributed by atoms with E-state index < -0.39 is 9.84 Å². The highest BCUT2D eigenvalue weighted by atomic mass is 32.2. The van der Waals surface area contributed by atoms with E-state index in [4.69, 9.17) is 5.73 Å². The molecule has 0 aromatic rings. The minimum atomic E-state index is -3.31. The first kappa shape index (κ1) is 12.4. The van der Waals surface area contributed by atoms with Crippen molar-refractivity contribution in [1.29, 1.82) is 0 Å². The van der Waals surface area contributed by atoms with Crippen molar-refractivity contribution in [2.24, 2.45) is 16.6 Å². The molecule has 13 heavy (non-hydrogen) atoms. The lowest BCUT2D eigenvalue weighted by Crippen LogP contribution is -2.26. The first-order valence-corrected chi connectivity index (χ1v) is 6.21. The van der Waals surface area contributed by atoms with Crippen LogP contribution >= 0.6 is 0 Å². The molecule has 5 heteroatoms. The van der Waals surface area contributed by atoms with Gasteiger partial charge in [0.1, 0.15) is 0 Å². The molecule has 0 saturated carbocycles. The summed E-state index contributed by atoms with van der Waals surface area (Å²) in [6, 6.07) is -0.0419. The van der Waals surface area contributed by atoms with Crippen molar-refractivity contribution in [2.75, 3.05) is 6.26 Å². The summed E-state index contributed by atoms with van der Waals surface area (Å²) in [6.45, 7) is 5.92. The second kappa shape index (κ2) is 4.60. The van der Waals surface area contributed by atoms with Crippen LogP contribution in [0.1, 0.15) is 27.2 Å². The van der Waals surface area contributed by atoms with E-state index >= 15 is 0 Å². The summed E-state index contributed by atoms with van der Waals surface area (Å²) in [6.07, 6.45) is 2.02. The van der Waals surface area contributed by atoms with Crippen molar-refractivity contribution >= 4 is 15.0 Å². The van der Waals surface area contributed by atoms with Gasteiger partial charge < -0.3 is 5.73 Å². The molecule has 78 valence electrons. The van der Waals surface area contributed by atoms with Crippen molar-refractivity contribution in [3.63, 3.8) is 0 Å². The largest absolute Gasteiger partial charge is 0.374 e. The molecule has 0 saturated heterocycles. The van der Waals surface area contributed by atoms with Gasteiger partial charge in [-0.2, -0.15) is 0 Å². The van der Waals surface area contributed by atoms with Gasteiger partial charge in [-0.3, -0.25) is 4.99 Å². The molecule has 0 aromatic carbocycles. The fourth-order valence-corrected chi connectivity index (χ4v) is 1.12. The van der Waals surface area contributed by atoms with Gasteiger partial charge in [0, 0.05) is 6.26 Å². The Hall–Kier alpha value is -0.580. The molecule has 0 spiro atoms. The third-order valence-electron chi connectivity index (χ3n) is 2.18. The summed E-state index contributed by atoms with van der Waals surface area (Å²) in [7, 11) is -3.31. The standard InChI is InChI=1S/C8H18N2O2S/c1-5-6(2)7(3)10-8(9)13(4,11)12/h6-7H,5H2,1-4H3,(H2,9,10). The van der Waals surface area contributed by atoms with Gasteiger partial charge in [-0.1, -0.05) is 20.3 Å². The number of aliphatic imine (C=N–C) groups is 1. The molecule has 0 fully saturated rings. The molecule has 0 aliphatic heterocycles. The molecule has 2 atom stereocenters. The number of sulfone groups is 1. The van der Waals surface area contributed by atoms with Crippen LogP contribution in [-0.4, -0.2) is 25.9 Å². The summed E-state index contributed by atoms with van der Waals surface area (Å²) in [4.78, 5) is 3.93. The molecule has 2 unspecified atom stereocenters. The van der Waals surface area contributed by atoms with E-state index in [9.17, 15) is 8.42 Å². The molecule has 0 heterocycles. The number of hydrogen-bond acceptors (Lipinski definition) is 3. The van der Waals surface area contributed by atoms with Crippen LogP contribution in [0.3, 0.4) is 0 Å². The molecule has 0 aliphatic rings. The van der Waals surface area contributed by atoms with Crippen LogP contribution in [0.5, 0.6) is 0 Å². The normalized spacial score (nSPS) is 18.3. The van der Waals surface area contributed by atoms with Crippen molar-refractivity contribution < 1.29 is 8.42 Å². The van der Waals surface area contributed by atoms with Crippen molar-refractivity contribution in [2.45, 2.75) is 33.2 Å². The molecule has 0 bridgehead atoms. The quantitative estimate of drug-likeness (QED) is 0.548. The predicted octanol–water partition coefficient (Wildman–Crippen LogP) is 0.780. The Bertz CT molecular complexity index is 283. The van der Waals surface area contributed by atoms with Crippen LogP contribution < -0.4 is 5.73 Å². The average Bonchev–Trinajstić information content (AvgIpc) is 2.01. The maximum absolute atomic E-state index is 10.9. The third kappa shape index (κ3) is 4.26. The minimum Gasteiger partial charge on any atom is -0.374 e. The number of rotatable bonds is 3. The highest BCUT2D eigenvalue weighted by molar-refractivity contribution is 8.05. The van der Waals surface area contributed by atoms with Gasteiger partial charge in [0.25, 0.3) is 0 Å². The predicted molar refractivity (Wildman–Crippen MR) is 55.4 cm³/mol. The monoisotopic (exact) mass is 206 g/mol. The number of amidine groups is 1. The lowest BCUT2D eigenvalue weighted by Gasteiger charge is -2.13. The summed E-state index contributed by atoms with van der Waals surface area (Å²) < 4.78 is 21.8. The first-order chi connectivity index (χ1) is 5.79. The lowest BCUT2D eigenvalue weighted by atomic mass is 10.0. The van der Waals surface area contributed by atoms with Gasteiger partial charge in [-0.15, -0.1) is 0 Å². The summed E-state index contributed by atoms with van der Waals surface area (Å²) in [5.74, 6) is 0.347. The first-order valence-electron chi connectivity index (χ1n) is 4.32. The molecule has 4 nitrogen and oxygen atoms in total. The second-order valence-electron chi connectivity index (χ2n) is 3.37. The number of nitrogens with two attached hydrogens (primary N) is 1. The smallest absolute Gasteiger partial charge is 0.213 e. The SMILES string of the molecule is CCC(C)C(C)/N=C(\N)S(C)(=O)=O. The number of hydrogen-bond donors (Lipinski definition) is 1. The number of nitrogens with zero attached hydrogens (tertiary/aromatic N) is 1. The zero-order chi connectivity index (χ0) is 10.6. The van der Waals surface area contributed by atoms with E-state index in [0.29, 0.717) is 5.92 Å². The van der Waals surface area contributed by atoms with Crippen molar-refractivity contribution in [1.82, 2.24) is 0 Å². The van der Waals surface area contributed by atoms with Gasteiger partial charge in [0.2, 0.25) is 15.0 Å². The van der Waals surface area contributed by atoms with E-state index in [1.807, 2.05) is 20.8 Å². The fourth-order valence-electron chi connectivity index (χ4n) is 0.765. The average molecular weight is 206 g/mol. The Morgan fingerprint density at radius 1 is 1.46 bits per heavy atom.